The highest BCUT2D eigenvalue weighted by Gasteiger charge is 2.26. The molecule has 80 heavy (non-hydrogen) atoms. The number of rotatable bonds is 30. The van der Waals surface area contributed by atoms with Crippen LogP contribution >= 0.6 is 45.3 Å². The van der Waals surface area contributed by atoms with Crippen molar-refractivity contribution in [2.75, 3.05) is 21.3 Å². The van der Waals surface area contributed by atoms with Gasteiger partial charge in [0.15, 0.2) is 29.4 Å². The summed E-state index contributed by atoms with van der Waals surface area (Å²) in [7, 11) is 4.54. The van der Waals surface area contributed by atoms with Gasteiger partial charge >= 0.3 is 17.9 Å². The standard InChI is InChI=1S/C58H54O17S5/c1-29(13-30-18-47-32(15-43(30)72-2)20-51(76-47)39(59)5-9-54(63)64)14-31-19-50-37(25-45(31)74-4)38(58(79-50)42(62)8-12-57(69)70)26-75-46-17-34-22-53(41(61)7-11-56(67)68)78-49(34)24-36(46)28-80(71)27-35-23-48-33(16-44(35)73-3)21-52(77-48)40(60)6-10-55(65)66/h15-25,54,63-64H,1,5-14,26-28H2,2-4H3,(H,65,66)(H,67,68)(H,69,70). The van der Waals surface area contributed by atoms with Crippen LogP contribution in [0.15, 0.2) is 78.9 Å². The maximum absolute atomic E-state index is 14.3. The van der Waals surface area contributed by atoms with Crippen LogP contribution < -0.4 is 18.9 Å². The molecule has 0 saturated carbocycles. The molecular weight excluding hydrogens is 1130 g/mol. The normalized spacial score (nSPS) is 11.9. The molecule has 418 valence electrons. The Labute approximate surface area is 476 Å². The third kappa shape index (κ3) is 14.3. The Morgan fingerprint density at radius 2 is 0.912 bits per heavy atom. The van der Waals surface area contributed by atoms with Gasteiger partial charge in [0.05, 0.1) is 60.1 Å². The number of methoxy groups -OCH3 is 3. The Morgan fingerprint density at radius 1 is 0.512 bits per heavy atom. The number of allylic oxidation sites excluding steroid dienone is 1. The van der Waals surface area contributed by atoms with Gasteiger partial charge in [-0.2, -0.15) is 0 Å². The van der Waals surface area contributed by atoms with Gasteiger partial charge in [-0.1, -0.05) is 12.2 Å². The van der Waals surface area contributed by atoms with Crippen molar-refractivity contribution < 1.29 is 82.6 Å². The molecule has 0 aliphatic rings. The number of hydrogen-bond acceptors (Lipinski definition) is 18. The molecule has 22 heteroatoms. The van der Waals surface area contributed by atoms with E-state index in [1.54, 1.807) is 55.6 Å². The van der Waals surface area contributed by atoms with E-state index in [1.807, 2.05) is 18.2 Å². The molecule has 4 aromatic carbocycles. The number of ether oxygens (including phenoxy) is 4. The van der Waals surface area contributed by atoms with Gasteiger partial charge in [-0.15, -0.1) is 45.3 Å². The second-order valence-electron chi connectivity index (χ2n) is 18.8. The molecule has 5 N–H and O–H groups in total. The van der Waals surface area contributed by atoms with Crippen LogP contribution in [0.2, 0.25) is 0 Å². The molecule has 8 aromatic rings. The van der Waals surface area contributed by atoms with Crippen LogP contribution in [0.3, 0.4) is 0 Å². The molecule has 4 aromatic heterocycles. The van der Waals surface area contributed by atoms with E-state index < -0.39 is 47.6 Å². The number of benzene rings is 4. The van der Waals surface area contributed by atoms with Gasteiger partial charge in [-0.05, 0) is 118 Å². The summed E-state index contributed by atoms with van der Waals surface area (Å²) in [6.45, 7) is 4.19. The van der Waals surface area contributed by atoms with Crippen LogP contribution in [0.5, 0.6) is 23.0 Å². The fourth-order valence-corrected chi connectivity index (χ4v) is 14.8. The molecule has 0 bridgehead atoms. The summed E-state index contributed by atoms with van der Waals surface area (Å²) < 4.78 is 41.3. The number of carbonyl (C=O) groups excluding carboxylic acids is 4. The largest absolute Gasteiger partial charge is 0.616 e. The Kier molecular flexibility index (Phi) is 19.3. The first-order valence-electron chi connectivity index (χ1n) is 24.9. The Balaban J connectivity index is 1.10. The third-order valence-corrected chi connectivity index (χ3v) is 18.9. The number of aliphatic carboxylic acids is 3. The first-order valence-corrected chi connectivity index (χ1v) is 29.6. The predicted octanol–water partition coefficient (Wildman–Crippen LogP) is 11.4. The van der Waals surface area contributed by atoms with Gasteiger partial charge in [0.25, 0.3) is 0 Å². The van der Waals surface area contributed by atoms with Crippen molar-refractivity contribution in [2.24, 2.45) is 0 Å². The maximum Gasteiger partial charge on any atom is 0.303 e. The molecule has 0 aliphatic heterocycles. The molecular formula is C58H54O17S5. The van der Waals surface area contributed by atoms with Crippen LogP contribution in [0, 0.1) is 0 Å². The smallest absolute Gasteiger partial charge is 0.303 e. The summed E-state index contributed by atoms with van der Waals surface area (Å²) >= 11 is 3.19. The van der Waals surface area contributed by atoms with Crippen molar-refractivity contribution in [1.82, 2.24) is 0 Å². The lowest BCUT2D eigenvalue weighted by Crippen LogP contribution is -2.11. The SMILES string of the molecule is C=C(Cc1cc2sc(C(=O)CCC(O)O)cc2cc1OC)Cc1cc2sc(C(=O)CCC(=O)O)c(COc3cc4cc(C(=O)CCC(=O)O)sc4cc3C[S+]([O-])Cc3cc4sc(C(=O)CCC(=O)O)cc4cc3OC)c2cc1OC. The first kappa shape index (κ1) is 59.1. The number of Topliss-reactive ketones (excluding diaryl/α,β-unsaturated/α-hetero) is 4. The van der Waals surface area contributed by atoms with Crippen LogP contribution in [0.25, 0.3) is 40.3 Å². The number of aliphatic hydroxyl groups excluding tert-OH is 1. The Bertz CT molecular complexity index is 3750. The molecule has 0 radical (unpaired) electrons. The molecule has 1 unspecified atom stereocenters. The first-order chi connectivity index (χ1) is 38.2. The molecule has 0 fully saturated rings. The number of aliphatic hydroxyl groups is 2. The van der Waals surface area contributed by atoms with E-state index >= 15 is 0 Å². The molecule has 0 aliphatic carbocycles. The Morgan fingerprint density at radius 3 is 1.38 bits per heavy atom. The number of hydrogen-bond donors (Lipinski definition) is 5. The number of thiophene rings is 4. The predicted molar refractivity (Wildman–Crippen MR) is 309 cm³/mol. The van der Waals surface area contributed by atoms with E-state index in [9.17, 15) is 58.5 Å². The fourth-order valence-electron chi connectivity index (χ4n) is 9.08. The van der Waals surface area contributed by atoms with Crippen molar-refractivity contribution in [2.45, 2.75) is 88.6 Å². The van der Waals surface area contributed by atoms with Crippen molar-refractivity contribution in [1.29, 1.82) is 0 Å². The summed E-state index contributed by atoms with van der Waals surface area (Å²) in [5.74, 6) is -2.92. The molecule has 0 saturated heterocycles. The van der Waals surface area contributed by atoms with E-state index in [1.165, 1.54) is 48.2 Å². The molecule has 4 heterocycles. The Hall–Kier alpha value is -7.02. The molecule has 17 nitrogen and oxygen atoms in total. The van der Waals surface area contributed by atoms with Crippen molar-refractivity contribution in [3.05, 3.63) is 126 Å². The van der Waals surface area contributed by atoms with Gasteiger partial charge < -0.3 is 49.0 Å². The summed E-state index contributed by atoms with van der Waals surface area (Å²) in [6.07, 6.45) is -2.68. The molecule has 0 amide bonds. The van der Waals surface area contributed by atoms with E-state index in [0.29, 0.717) is 91.7 Å². The minimum atomic E-state index is -1.65. The van der Waals surface area contributed by atoms with E-state index in [-0.39, 0.29) is 91.0 Å². The topological polar surface area (TPSA) is 281 Å². The number of carboxylic acids is 3. The lowest BCUT2D eigenvalue weighted by Gasteiger charge is -2.17. The average molecular weight is 1180 g/mol. The van der Waals surface area contributed by atoms with Gasteiger partial charge in [-0.25, -0.2) is 0 Å². The van der Waals surface area contributed by atoms with E-state index in [4.69, 9.17) is 24.1 Å². The summed E-state index contributed by atoms with van der Waals surface area (Å²) in [5, 5.41) is 49.2. The molecule has 1 atom stereocenters. The quantitative estimate of drug-likeness (QED) is 0.0121. The van der Waals surface area contributed by atoms with Crippen molar-refractivity contribution in [3.8, 4) is 23.0 Å². The maximum atomic E-state index is 14.3. The van der Waals surface area contributed by atoms with Crippen molar-refractivity contribution >= 4 is 138 Å². The van der Waals surface area contributed by atoms with Crippen LogP contribution in [-0.4, -0.2) is 98.7 Å². The highest BCUT2D eigenvalue weighted by Crippen LogP contribution is 2.42. The number of fused-ring (bicyclic) bond motifs is 4. The van der Waals surface area contributed by atoms with Crippen LogP contribution in [0.1, 0.15) is 118 Å². The zero-order valence-corrected chi connectivity index (χ0v) is 47.6. The van der Waals surface area contributed by atoms with Gasteiger partial charge in [0, 0.05) is 73.0 Å². The van der Waals surface area contributed by atoms with Gasteiger partial charge in [-0.3, -0.25) is 33.6 Å². The highest BCUT2D eigenvalue weighted by molar-refractivity contribution is 7.89. The fraction of sp³-hybridized carbons (Fsp3) is 0.293. The second kappa shape index (κ2) is 26.1. The zero-order valence-electron chi connectivity index (χ0n) is 43.5. The highest BCUT2D eigenvalue weighted by atomic mass is 32.2. The lowest BCUT2D eigenvalue weighted by atomic mass is 9.97. The van der Waals surface area contributed by atoms with Crippen LogP contribution in [-0.2, 0) is 56.5 Å². The second-order valence-corrected chi connectivity index (χ2v) is 24.6. The number of carbonyl (C=O) groups is 7. The van der Waals surface area contributed by atoms with Crippen LogP contribution in [0.4, 0.5) is 0 Å². The average Bonchev–Trinajstić information content (AvgIpc) is 4.22. The molecule has 8 rings (SSSR count). The third-order valence-electron chi connectivity index (χ3n) is 13.0. The minimum absolute atomic E-state index is 0.00624. The summed E-state index contributed by atoms with van der Waals surface area (Å²) in [5.41, 5.74) is 3.89. The summed E-state index contributed by atoms with van der Waals surface area (Å²) in [4.78, 5) is 88.5. The zero-order chi connectivity index (χ0) is 57.5. The van der Waals surface area contributed by atoms with Gasteiger partial charge in [0.2, 0.25) is 0 Å². The number of carboxylic acid groups (broad SMARTS) is 3. The van der Waals surface area contributed by atoms with E-state index in [2.05, 4.69) is 6.58 Å². The van der Waals surface area contributed by atoms with Crippen molar-refractivity contribution in [3.63, 3.8) is 0 Å². The molecule has 0 spiro atoms. The minimum Gasteiger partial charge on any atom is -0.616 e. The monoisotopic (exact) mass is 1180 g/mol. The summed E-state index contributed by atoms with van der Waals surface area (Å²) in [6, 6.07) is 19.6. The van der Waals surface area contributed by atoms with Gasteiger partial charge in [0.1, 0.15) is 41.1 Å². The lowest BCUT2D eigenvalue weighted by molar-refractivity contribution is -0.137. The number of ketones is 4. The van der Waals surface area contributed by atoms with E-state index in [0.717, 1.165) is 38.1 Å².